The molecule has 192 valence electrons. The van der Waals surface area contributed by atoms with Crippen molar-refractivity contribution in [1.29, 1.82) is 0 Å². The second-order valence-electron chi connectivity index (χ2n) is 7.60. The number of benzene rings is 1. The number of hydrogen-bond acceptors (Lipinski definition) is 9. The van der Waals surface area contributed by atoms with Crippen LogP contribution in [-0.2, 0) is 30.3 Å². The predicted molar refractivity (Wildman–Crippen MR) is 130 cm³/mol. The molecule has 3 N–H and O–H groups in total. The number of hydrogen-bond donors (Lipinski definition) is 2. The van der Waals surface area contributed by atoms with E-state index in [4.69, 9.17) is 43.1 Å². The van der Waals surface area contributed by atoms with E-state index >= 15 is 0 Å². The molecule has 36 heavy (non-hydrogen) atoms. The van der Waals surface area contributed by atoms with Crippen LogP contribution in [0.4, 0.5) is 0 Å². The summed E-state index contributed by atoms with van der Waals surface area (Å²) in [7, 11) is 1.25. The van der Waals surface area contributed by atoms with Gasteiger partial charge in [-0.05, 0) is 25.5 Å². The summed E-state index contributed by atoms with van der Waals surface area (Å²) in [5, 5.41) is 11.0. The standard InChI is InChI=1S/C23H25Cl2N5O6/c1-4-36-23(33)19-15(11-35-9-8-30-16(21(26)31)10-27-29-30)28-12(2)17(22(32)34-3)18(19)13-6-5-7-14(24)20(13)25/h5-7,10,18,28H,4,8-9,11H2,1-3H3,(H2,26,31). The molecule has 1 atom stereocenters. The van der Waals surface area contributed by atoms with Crippen molar-refractivity contribution in [3.63, 3.8) is 0 Å². The van der Waals surface area contributed by atoms with Gasteiger partial charge in [0.25, 0.3) is 5.91 Å². The molecular weight excluding hydrogens is 513 g/mol. The Morgan fingerprint density at radius 2 is 1.94 bits per heavy atom. The number of nitrogens with zero attached hydrogens (tertiary/aromatic N) is 3. The number of carbonyl (C=O) groups excluding carboxylic acids is 3. The van der Waals surface area contributed by atoms with E-state index in [9.17, 15) is 14.4 Å². The van der Waals surface area contributed by atoms with E-state index in [0.717, 1.165) is 0 Å². The number of amides is 1. The molecule has 0 radical (unpaired) electrons. The van der Waals surface area contributed by atoms with Crippen LogP contribution in [0.3, 0.4) is 0 Å². The molecule has 0 bridgehead atoms. The Bertz CT molecular complexity index is 1240. The highest BCUT2D eigenvalue weighted by atomic mass is 35.5. The molecule has 1 unspecified atom stereocenters. The van der Waals surface area contributed by atoms with Crippen LogP contribution in [-0.4, -0.2) is 59.8 Å². The highest BCUT2D eigenvalue weighted by Crippen LogP contribution is 2.43. The summed E-state index contributed by atoms with van der Waals surface area (Å²) in [5.74, 6) is -2.91. The number of rotatable bonds is 10. The molecular formula is C23H25Cl2N5O6. The third kappa shape index (κ3) is 5.69. The fourth-order valence-corrected chi connectivity index (χ4v) is 4.25. The molecule has 2 aromatic rings. The van der Waals surface area contributed by atoms with Gasteiger partial charge in [0.1, 0.15) is 5.69 Å². The number of allylic oxidation sites excluding steroid dienone is 1. The molecule has 0 aliphatic carbocycles. The summed E-state index contributed by atoms with van der Waals surface area (Å²) in [4.78, 5) is 37.5. The average molecular weight is 538 g/mol. The molecule has 0 saturated heterocycles. The van der Waals surface area contributed by atoms with Gasteiger partial charge in [-0.25, -0.2) is 14.3 Å². The Morgan fingerprint density at radius 3 is 2.61 bits per heavy atom. The Labute approximate surface area is 217 Å². The highest BCUT2D eigenvalue weighted by Gasteiger charge is 2.40. The first-order valence-corrected chi connectivity index (χ1v) is 11.6. The maximum atomic E-state index is 13.2. The molecule has 1 aromatic carbocycles. The number of nitrogens with two attached hydrogens (primary N) is 1. The van der Waals surface area contributed by atoms with Crippen molar-refractivity contribution in [2.75, 3.05) is 26.9 Å². The minimum Gasteiger partial charge on any atom is -0.466 e. The number of methoxy groups -OCH3 is 1. The van der Waals surface area contributed by atoms with E-state index < -0.39 is 23.8 Å². The number of halogens is 2. The van der Waals surface area contributed by atoms with Crippen molar-refractivity contribution in [3.8, 4) is 0 Å². The zero-order valence-corrected chi connectivity index (χ0v) is 21.4. The second-order valence-corrected chi connectivity index (χ2v) is 8.39. The van der Waals surface area contributed by atoms with Gasteiger partial charge in [0.05, 0.1) is 72.5 Å². The predicted octanol–water partition coefficient (Wildman–Crippen LogP) is 2.35. The van der Waals surface area contributed by atoms with Gasteiger partial charge in [-0.1, -0.05) is 40.5 Å². The molecule has 0 spiro atoms. The van der Waals surface area contributed by atoms with Crippen molar-refractivity contribution in [2.24, 2.45) is 5.73 Å². The number of esters is 2. The number of aromatic nitrogens is 3. The van der Waals surface area contributed by atoms with Gasteiger partial charge in [0, 0.05) is 5.70 Å². The molecule has 1 aliphatic heterocycles. The van der Waals surface area contributed by atoms with E-state index in [1.54, 1.807) is 32.0 Å². The molecule has 3 rings (SSSR count). The molecule has 0 fully saturated rings. The number of nitrogens with one attached hydrogen (secondary N) is 1. The van der Waals surface area contributed by atoms with Crippen LogP contribution in [0.5, 0.6) is 0 Å². The van der Waals surface area contributed by atoms with Crippen LogP contribution in [0.1, 0.15) is 35.8 Å². The lowest BCUT2D eigenvalue weighted by atomic mass is 9.80. The SMILES string of the molecule is CCOC(=O)C1=C(COCCn2nncc2C(N)=O)NC(C)=C(C(=O)OC)C1c1cccc(Cl)c1Cl. The first kappa shape index (κ1) is 27.2. The third-order valence-corrected chi connectivity index (χ3v) is 6.24. The second kappa shape index (κ2) is 12.0. The van der Waals surface area contributed by atoms with Gasteiger partial charge < -0.3 is 25.3 Å². The quantitative estimate of drug-likeness (QED) is 0.344. The maximum absolute atomic E-state index is 13.2. The summed E-state index contributed by atoms with van der Waals surface area (Å²) < 4.78 is 17.4. The molecule has 13 heteroatoms. The number of ether oxygens (including phenoxy) is 3. The van der Waals surface area contributed by atoms with E-state index in [1.165, 1.54) is 18.0 Å². The minimum absolute atomic E-state index is 0.0603. The summed E-state index contributed by atoms with van der Waals surface area (Å²) >= 11 is 12.8. The van der Waals surface area contributed by atoms with Crippen molar-refractivity contribution in [2.45, 2.75) is 26.3 Å². The minimum atomic E-state index is -0.931. The van der Waals surface area contributed by atoms with Gasteiger partial charge in [0.15, 0.2) is 0 Å². The van der Waals surface area contributed by atoms with E-state index in [1.807, 2.05) is 0 Å². The van der Waals surface area contributed by atoms with Crippen molar-refractivity contribution in [3.05, 3.63) is 68.2 Å². The fourth-order valence-electron chi connectivity index (χ4n) is 3.83. The molecule has 1 amide bonds. The van der Waals surface area contributed by atoms with Gasteiger partial charge in [-0.2, -0.15) is 0 Å². The van der Waals surface area contributed by atoms with Crippen molar-refractivity contribution >= 4 is 41.0 Å². The summed E-state index contributed by atoms with van der Waals surface area (Å²) in [6.07, 6.45) is 1.26. The van der Waals surface area contributed by atoms with Crippen LogP contribution in [0, 0.1) is 0 Å². The Hall–Kier alpha value is -3.41. The molecule has 1 aliphatic rings. The number of carbonyl (C=O) groups is 3. The van der Waals surface area contributed by atoms with Crippen LogP contribution < -0.4 is 11.1 Å². The summed E-state index contributed by atoms with van der Waals surface area (Å²) in [5.41, 5.74) is 7.00. The van der Waals surface area contributed by atoms with Gasteiger partial charge in [-0.3, -0.25) is 4.79 Å². The average Bonchev–Trinajstić information content (AvgIpc) is 3.32. The maximum Gasteiger partial charge on any atom is 0.336 e. The lowest BCUT2D eigenvalue weighted by Gasteiger charge is -2.31. The van der Waals surface area contributed by atoms with E-state index in [-0.39, 0.29) is 53.3 Å². The largest absolute Gasteiger partial charge is 0.466 e. The van der Waals surface area contributed by atoms with E-state index in [0.29, 0.717) is 17.0 Å². The zero-order valence-electron chi connectivity index (χ0n) is 19.8. The van der Waals surface area contributed by atoms with Crippen LogP contribution >= 0.6 is 23.2 Å². The Morgan fingerprint density at radius 1 is 1.19 bits per heavy atom. The van der Waals surface area contributed by atoms with Crippen LogP contribution in [0.25, 0.3) is 0 Å². The van der Waals surface area contributed by atoms with E-state index in [2.05, 4.69) is 15.6 Å². The van der Waals surface area contributed by atoms with Crippen molar-refractivity contribution < 1.29 is 28.6 Å². The summed E-state index contributed by atoms with van der Waals surface area (Å²) in [6.45, 7) is 3.68. The monoisotopic (exact) mass is 537 g/mol. The number of dihydropyridines is 1. The Balaban J connectivity index is 1.99. The lowest BCUT2D eigenvalue weighted by Crippen LogP contribution is -2.35. The zero-order chi connectivity index (χ0) is 26.4. The summed E-state index contributed by atoms with van der Waals surface area (Å²) in [6, 6.07) is 4.95. The number of primary amides is 1. The Kier molecular flexibility index (Phi) is 9.08. The first-order valence-electron chi connectivity index (χ1n) is 10.9. The first-order chi connectivity index (χ1) is 17.2. The van der Waals surface area contributed by atoms with Gasteiger partial charge in [0.2, 0.25) is 0 Å². The van der Waals surface area contributed by atoms with Gasteiger partial charge in [-0.15, -0.1) is 5.10 Å². The molecule has 0 saturated carbocycles. The van der Waals surface area contributed by atoms with Gasteiger partial charge >= 0.3 is 11.9 Å². The third-order valence-electron chi connectivity index (χ3n) is 5.40. The smallest absolute Gasteiger partial charge is 0.336 e. The molecule has 1 aromatic heterocycles. The topological polar surface area (TPSA) is 148 Å². The molecule has 2 heterocycles. The molecule has 11 nitrogen and oxygen atoms in total. The lowest BCUT2D eigenvalue weighted by molar-refractivity contribution is -0.139. The van der Waals surface area contributed by atoms with Crippen molar-refractivity contribution in [1.82, 2.24) is 20.3 Å². The van der Waals surface area contributed by atoms with Crippen LogP contribution in [0.15, 0.2) is 46.9 Å². The fraction of sp³-hybridized carbons (Fsp3) is 0.348. The normalized spacial score (nSPS) is 15.5. The highest BCUT2D eigenvalue weighted by molar-refractivity contribution is 6.42. The van der Waals surface area contributed by atoms with Crippen LogP contribution in [0.2, 0.25) is 10.0 Å².